The first kappa shape index (κ1) is 41.8. The Kier molecular flexibility index (Phi) is 12.7. The third-order valence-electron chi connectivity index (χ3n) is 12.1. The van der Waals surface area contributed by atoms with Crippen molar-refractivity contribution in [2.24, 2.45) is 0 Å². The number of carbonyl (C=O) groups is 2. The van der Waals surface area contributed by atoms with Crippen molar-refractivity contribution >= 4 is 34.7 Å². The van der Waals surface area contributed by atoms with E-state index in [2.05, 4.69) is 157 Å². The topological polar surface area (TPSA) is 113 Å². The summed E-state index contributed by atoms with van der Waals surface area (Å²) >= 11 is 0. The Bertz CT molecular complexity index is 2300. The molecule has 2 N–H and O–H groups in total. The van der Waals surface area contributed by atoms with Gasteiger partial charge in [0.1, 0.15) is 0 Å². The lowest BCUT2D eigenvalue weighted by Gasteiger charge is -2.22. The van der Waals surface area contributed by atoms with E-state index in [4.69, 9.17) is 0 Å². The van der Waals surface area contributed by atoms with Gasteiger partial charge >= 0.3 is 11.9 Å². The number of nitrogens with zero attached hydrogens (tertiary/aromatic N) is 6. The Morgan fingerprint density at radius 2 is 0.950 bits per heavy atom. The zero-order valence-electron chi connectivity index (χ0n) is 35.3. The van der Waals surface area contributed by atoms with Gasteiger partial charge in [-0.2, -0.15) is 0 Å². The number of aryl methyl sites for hydroxylation is 4. The molecule has 308 valence electrons. The number of benzene rings is 4. The highest BCUT2D eigenvalue weighted by atomic mass is 16.4. The van der Waals surface area contributed by atoms with Crippen LogP contribution in [0, 0.1) is 13.8 Å². The van der Waals surface area contributed by atoms with E-state index in [0.29, 0.717) is 24.0 Å². The minimum absolute atomic E-state index is 0.278. The maximum absolute atomic E-state index is 11.5. The molecule has 60 heavy (non-hydrogen) atoms. The van der Waals surface area contributed by atoms with Crippen LogP contribution in [0.25, 0.3) is 0 Å². The average Bonchev–Trinajstić information content (AvgIpc) is 3.75. The van der Waals surface area contributed by atoms with Gasteiger partial charge in [-0.25, -0.2) is 9.59 Å². The quantitative estimate of drug-likeness (QED) is 0.124. The lowest BCUT2D eigenvalue weighted by Crippen LogP contribution is -2.17. The molecule has 10 nitrogen and oxygen atoms in total. The van der Waals surface area contributed by atoms with E-state index < -0.39 is 11.9 Å². The second-order valence-corrected chi connectivity index (χ2v) is 16.2. The van der Waals surface area contributed by atoms with Crippen molar-refractivity contribution in [1.82, 2.24) is 19.8 Å². The molecule has 2 aliphatic rings. The maximum atomic E-state index is 11.5. The summed E-state index contributed by atoms with van der Waals surface area (Å²) in [6.07, 6.45) is 9.54. The first-order valence-corrected chi connectivity index (χ1v) is 20.5. The molecule has 0 unspecified atom stereocenters. The Balaban J connectivity index is 0.000000181. The van der Waals surface area contributed by atoms with Gasteiger partial charge in [-0.3, -0.25) is 19.8 Å². The van der Waals surface area contributed by atoms with Crippen LogP contribution >= 0.6 is 0 Å². The molecule has 2 atom stereocenters. The first-order chi connectivity index (χ1) is 28.9. The molecule has 0 spiro atoms. The second-order valence-electron chi connectivity index (χ2n) is 16.2. The number of fused-ring (bicyclic) bond motifs is 2. The summed E-state index contributed by atoms with van der Waals surface area (Å²) < 4.78 is 0. The lowest BCUT2D eigenvalue weighted by molar-refractivity contribution is 0.0684. The smallest absolute Gasteiger partial charge is 0.336 e. The van der Waals surface area contributed by atoms with E-state index in [-0.39, 0.29) is 12.1 Å². The zero-order valence-corrected chi connectivity index (χ0v) is 35.3. The molecule has 4 aromatic carbocycles. The number of carboxylic acids is 2. The molecule has 0 fully saturated rings. The van der Waals surface area contributed by atoms with E-state index >= 15 is 0 Å². The van der Waals surface area contributed by atoms with Gasteiger partial charge in [0.15, 0.2) is 0 Å². The largest absolute Gasteiger partial charge is 0.478 e. The lowest BCUT2D eigenvalue weighted by atomic mass is 9.96. The minimum atomic E-state index is -0.892. The fraction of sp³-hybridized carbons (Fsp3) is 0.280. The Morgan fingerprint density at radius 1 is 0.583 bits per heavy atom. The summed E-state index contributed by atoms with van der Waals surface area (Å²) in [4.78, 5) is 40.3. The number of hydrogen-bond acceptors (Lipinski definition) is 8. The Hall–Kier alpha value is -6.36. The molecule has 10 heteroatoms. The molecular weight excluding hydrogens is 749 g/mol. The van der Waals surface area contributed by atoms with E-state index in [0.717, 1.165) is 37.1 Å². The van der Waals surface area contributed by atoms with Crippen LogP contribution in [0.15, 0.2) is 122 Å². The predicted octanol–water partition coefficient (Wildman–Crippen LogP) is 9.95. The average molecular weight is 803 g/mol. The van der Waals surface area contributed by atoms with Crippen LogP contribution in [-0.4, -0.2) is 70.1 Å². The van der Waals surface area contributed by atoms with Gasteiger partial charge in [0.05, 0.1) is 11.1 Å². The minimum Gasteiger partial charge on any atom is -0.478 e. The van der Waals surface area contributed by atoms with Crippen molar-refractivity contribution in [3.8, 4) is 0 Å². The highest BCUT2D eigenvalue weighted by Gasteiger charge is 2.29. The van der Waals surface area contributed by atoms with Gasteiger partial charge in [-0.05, 0) is 148 Å². The number of anilines is 4. The Labute approximate surface area is 353 Å². The van der Waals surface area contributed by atoms with Crippen molar-refractivity contribution in [3.05, 3.63) is 177 Å². The van der Waals surface area contributed by atoms with Crippen LogP contribution in [-0.2, 0) is 25.9 Å². The van der Waals surface area contributed by atoms with Crippen molar-refractivity contribution < 1.29 is 19.8 Å². The number of hydrogen-bond donors (Lipinski definition) is 2. The van der Waals surface area contributed by atoms with Crippen LogP contribution in [0.1, 0.15) is 90.1 Å². The number of pyridine rings is 2. The highest BCUT2D eigenvalue weighted by Crippen LogP contribution is 2.40. The van der Waals surface area contributed by atoms with Gasteiger partial charge in [-0.15, -0.1) is 0 Å². The van der Waals surface area contributed by atoms with Gasteiger partial charge in [-0.1, -0.05) is 47.5 Å². The molecule has 2 aliphatic heterocycles. The van der Waals surface area contributed by atoms with Gasteiger partial charge in [0.2, 0.25) is 0 Å². The molecule has 8 rings (SSSR count). The van der Waals surface area contributed by atoms with E-state index in [1.807, 2.05) is 0 Å². The summed E-state index contributed by atoms with van der Waals surface area (Å²) in [6, 6.07) is 34.2. The molecule has 6 aromatic rings. The van der Waals surface area contributed by atoms with Crippen LogP contribution in [0.4, 0.5) is 22.7 Å². The first-order valence-electron chi connectivity index (χ1n) is 20.5. The normalized spacial score (nSPS) is 15.8. The molecule has 0 radical (unpaired) electrons. The zero-order chi connectivity index (χ0) is 42.5. The maximum Gasteiger partial charge on any atom is 0.336 e. The fourth-order valence-corrected chi connectivity index (χ4v) is 8.60. The Morgan fingerprint density at radius 3 is 1.32 bits per heavy atom. The number of aromatic nitrogens is 2. The predicted molar refractivity (Wildman–Crippen MR) is 239 cm³/mol. The summed E-state index contributed by atoms with van der Waals surface area (Å²) in [7, 11) is 8.46. The second kappa shape index (κ2) is 18.3. The van der Waals surface area contributed by atoms with Crippen LogP contribution in [0.5, 0.6) is 0 Å². The molecule has 0 aliphatic carbocycles. The summed E-state index contributed by atoms with van der Waals surface area (Å²) in [6.45, 7) is 5.99. The van der Waals surface area contributed by atoms with Crippen molar-refractivity contribution in [2.45, 2.75) is 64.7 Å². The number of aromatic carboxylic acids is 2. The molecule has 2 aromatic heterocycles. The monoisotopic (exact) mass is 802 g/mol. The van der Waals surface area contributed by atoms with Crippen LogP contribution < -0.4 is 9.80 Å². The summed E-state index contributed by atoms with van der Waals surface area (Å²) in [5, 5.41) is 18.8. The number of rotatable bonds is 12. The van der Waals surface area contributed by atoms with Gasteiger partial charge in [0.25, 0.3) is 0 Å². The molecular formula is C50H54N6O4. The summed E-state index contributed by atoms with van der Waals surface area (Å²) in [5.41, 5.74) is 14.8. The van der Waals surface area contributed by atoms with Crippen molar-refractivity contribution in [2.75, 3.05) is 38.0 Å². The van der Waals surface area contributed by atoms with Crippen LogP contribution in [0.3, 0.4) is 0 Å². The van der Waals surface area contributed by atoms with E-state index in [9.17, 15) is 19.8 Å². The van der Waals surface area contributed by atoms with E-state index in [1.165, 1.54) is 68.5 Å². The van der Waals surface area contributed by atoms with Crippen molar-refractivity contribution in [3.63, 3.8) is 0 Å². The van der Waals surface area contributed by atoms with Crippen molar-refractivity contribution in [1.29, 1.82) is 0 Å². The molecule has 4 heterocycles. The van der Waals surface area contributed by atoms with Gasteiger partial charge in [0, 0.05) is 86.8 Å². The molecule has 0 bridgehead atoms. The van der Waals surface area contributed by atoms with Gasteiger partial charge < -0.3 is 20.0 Å². The molecule has 0 saturated heterocycles. The van der Waals surface area contributed by atoms with Crippen LogP contribution in [0.2, 0.25) is 0 Å². The highest BCUT2D eigenvalue weighted by molar-refractivity contribution is 5.89. The standard InChI is InChI=1S/2C25H27N3O2/c2*1-17-4-7-20(8-5-17)28(3)21-9-10-22-19(14-21)16-27(2)24(22)11-6-18-15-26-13-12-23(18)25(29)30/h2*4-5,7-10,12-15,24H,6,11,16H2,1-3H3,(H,29,30)/t2*24-/m10/s1. The summed E-state index contributed by atoms with van der Waals surface area (Å²) in [5.74, 6) is -1.78. The molecule has 0 saturated carbocycles. The SMILES string of the molecule is Cc1ccc(N(C)c2ccc3c(c2)CN(C)[C@@H]3CCc2cnccc2C(=O)O)cc1.Cc1ccc(N(C)c2ccc3c(c2)CN(C)[C@H]3CCc2cnccc2C(=O)O)cc1. The van der Waals surface area contributed by atoms with E-state index in [1.54, 1.807) is 24.5 Å². The third-order valence-corrected chi connectivity index (χ3v) is 12.1. The molecule has 0 amide bonds. The number of carboxylic acid groups (broad SMARTS) is 2. The third kappa shape index (κ3) is 9.25. The fourth-order valence-electron chi connectivity index (χ4n) is 8.60.